The molecule has 4 rings (SSSR count). The van der Waals surface area contributed by atoms with Crippen LogP contribution in [-0.4, -0.2) is 44.9 Å². The van der Waals surface area contributed by atoms with Crippen molar-refractivity contribution in [3.63, 3.8) is 0 Å². The fraction of sp³-hybridized carbons (Fsp3) is 0.211. The van der Waals surface area contributed by atoms with Gasteiger partial charge in [0.25, 0.3) is 0 Å². The van der Waals surface area contributed by atoms with Gasteiger partial charge in [-0.2, -0.15) is 0 Å². The van der Waals surface area contributed by atoms with Crippen molar-refractivity contribution >= 4 is 28.4 Å². The number of nitrogens with zero attached hydrogens (tertiary/aromatic N) is 3. The van der Waals surface area contributed by atoms with E-state index in [9.17, 15) is 33.0 Å². The number of aromatic nitrogens is 2. The summed E-state index contributed by atoms with van der Waals surface area (Å²) < 4.78 is 43.9. The molecule has 0 bridgehead atoms. The number of carboxylic acids is 1. The van der Waals surface area contributed by atoms with Gasteiger partial charge in [0.2, 0.25) is 5.43 Å². The lowest BCUT2D eigenvalue weighted by molar-refractivity contribution is 0.0695. The Kier molecular flexibility index (Phi) is 4.42. The number of halogens is 3. The minimum absolute atomic E-state index is 0.0137. The van der Waals surface area contributed by atoms with Crippen molar-refractivity contribution in [1.82, 2.24) is 9.55 Å². The summed E-state index contributed by atoms with van der Waals surface area (Å²) in [6.45, 7) is 1.76. The predicted molar refractivity (Wildman–Crippen MR) is 102 cm³/mol. The van der Waals surface area contributed by atoms with E-state index in [1.54, 1.807) is 0 Å². The fourth-order valence-electron chi connectivity index (χ4n) is 3.62. The minimum atomic E-state index is -1.61. The van der Waals surface area contributed by atoms with Gasteiger partial charge in [0, 0.05) is 30.9 Å². The van der Waals surface area contributed by atoms with Crippen LogP contribution in [0.4, 0.5) is 24.7 Å². The van der Waals surface area contributed by atoms with Crippen LogP contribution in [0.2, 0.25) is 0 Å². The second-order valence-corrected chi connectivity index (χ2v) is 6.99. The highest BCUT2D eigenvalue weighted by molar-refractivity contribution is 5.96. The standard InChI is InChI=1S/C19H15F3N4O4/c1-7-14-9(2-11(20)15(7)25-4-8(27)5-25)16(28)10(19(29)30)6-26(14)18-13(22)3-12(21)17(23)24-18/h2-3,6,8,27H,4-5H2,1H3,(H2,23,24)(H,29,30). The third-order valence-corrected chi connectivity index (χ3v) is 5.03. The largest absolute Gasteiger partial charge is 0.477 e. The van der Waals surface area contributed by atoms with Crippen molar-refractivity contribution in [3.8, 4) is 5.82 Å². The molecule has 4 N–H and O–H groups in total. The summed E-state index contributed by atoms with van der Waals surface area (Å²) >= 11 is 0. The van der Waals surface area contributed by atoms with Crippen molar-refractivity contribution in [2.45, 2.75) is 13.0 Å². The Balaban J connectivity index is 2.14. The number of rotatable bonds is 3. The molecule has 1 saturated heterocycles. The second-order valence-electron chi connectivity index (χ2n) is 6.99. The zero-order chi connectivity index (χ0) is 21.9. The lowest BCUT2D eigenvalue weighted by Gasteiger charge is -2.39. The van der Waals surface area contributed by atoms with Crippen LogP contribution in [0.25, 0.3) is 16.7 Å². The Labute approximate surface area is 166 Å². The molecule has 0 radical (unpaired) electrons. The number of anilines is 2. The van der Waals surface area contributed by atoms with Crippen LogP contribution in [0.5, 0.6) is 0 Å². The molecule has 3 aromatic rings. The van der Waals surface area contributed by atoms with E-state index in [1.165, 1.54) is 11.8 Å². The van der Waals surface area contributed by atoms with Crippen LogP contribution >= 0.6 is 0 Å². The summed E-state index contributed by atoms with van der Waals surface area (Å²) in [5, 5.41) is 18.6. The second kappa shape index (κ2) is 6.73. The highest BCUT2D eigenvalue weighted by atomic mass is 19.1. The van der Waals surface area contributed by atoms with Crippen LogP contribution in [0, 0.1) is 24.4 Å². The number of aliphatic hydroxyl groups excluding tert-OH is 1. The molecule has 11 heteroatoms. The number of aliphatic hydroxyl groups is 1. The van der Waals surface area contributed by atoms with Crippen LogP contribution in [0.1, 0.15) is 15.9 Å². The number of nitrogen functional groups attached to an aromatic ring is 1. The van der Waals surface area contributed by atoms with E-state index in [4.69, 9.17) is 5.73 Å². The molecular weight excluding hydrogens is 405 g/mol. The number of carboxylic acid groups (broad SMARTS) is 1. The monoisotopic (exact) mass is 420 g/mol. The molecule has 3 heterocycles. The van der Waals surface area contributed by atoms with Gasteiger partial charge in [-0.3, -0.25) is 9.36 Å². The molecule has 8 nitrogen and oxygen atoms in total. The molecule has 1 aliphatic heterocycles. The molecule has 156 valence electrons. The summed E-state index contributed by atoms with van der Waals surface area (Å²) in [5.41, 5.74) is 3.97. The first-order valence-electron chi connectivity index (χ1n) is 8.76. The quantitative estimate of drug-likeness (QED) is 0.588. The molecule has 30 heavy (non-hydrogen) atoms. The van der Waals surface area contributed by atoms with Gasteiger partial charge in [-0.15, -0.1) is 0 Å². The summed E-state index contributed by atoms with van der Waals surface area (Å²) in [4.78, 5) is 29.4. The smallest absolute Gasteiger partial charge is 0.341 e. The third-order valence-electron chi connectivity index (χ3n) is 5.03. The maximum absolute atomic E-state index is 14.8. The molecule has 1 aliphatic rings. The van der Waals surface area contributed by atoms with Crippen LogP contribution in [0.3, 0.4) is 0 Å². The van der Waals surface area contributed by atoms with Crippen molar-refractivity contribution in [1.29, 1.82) is 0 Å². The number of aromatic carboxylic acids is 1. The Bertz CT molecular complexity index is 1290. The molecule has 0 amide bonds. The van der Waals surface area contributed by atoms with Gasteiger partial charge in [-0.05, 0) is 13.0 Å². The molecule has 0 saturated carbocycles. The zero-order valence-corrected chi connectivity index (χ0v) is 15.5. The number of carbonyl (C=O) groups is 1. The number of hydrogen-bond donors (Lipinski definition) is 3. The van der Waals surface area contributed by atoms with Gasteiger partial charge < -0.3 is 20.8 Å². The highest BCUT2D eigenvalue weighted by Crippen LogP contribution is 2.34. The molecular formula is C19H15F3N4O4. The third kappa shape index (κ3) is 2.86. The van der Waals surface area contributed by atoms with Crippen molar-refractivity contribution < 1.29 is 28.2 Å². The number of fused-ring (bicyclic) bond motifs is 1. The van der Waals surface area contributed by atoms with Crippen molar-refractivity contribution in [2.24, 2.45) is 0 Å². The van der Waals surface area contributed by atoms with E-state index in [0.29, 0.717) is 6.07 Å². The van der Waals surface area contributed by atoms with E-state index in [0.717, 1.165) is 16.8 Å². The van der Waals surface area contributed by atoms with Crippen LogP contribution in [0.15, 0.2) is 23.1 Å². The number of benzene rings is 1. The molecule has 1 aromatic carbocycles. The molecule has 1 fully saturated rings. The maximum Gasteiger partial charge on any atom is 0.341 e. The number of aryl methyl sites for hydroxylation is 1. The van der Waals surface area contributed by atoms with Gasteiger partial charge in [0.05, 0.1) is 22.7 Å². The number of pyridine rings is 2. The zero-order valence-electron chi connectivity index (χ0n) is 15.5. The van der Waals surface area contributed by atoms with Gasteiger partial charge in [0.1, 0.15) is 11.4 Å². The minimum Gasteiger partial charge on any atom is -0.477 e. The average Bonchev–Trinajstić information content (AvgIpc) is 2.64. The fourth-order valence-corrected chi connectivity index (χ4v) is 3.62. The van der Waals surface area contributed by atoms with E-state index in [-0.39, 0.29) is 35.2 Å². The van der Waals surface area contributed by atoms with Crippen LogP contribution in [-0.2, 0) is 0 Å². The SMILES string of the molecule is Cc1c(N2CC(O)C2)c(F)cc2c(=O)c(C(=O)O)cn(-c3nc(N)c(F)cc3F)c12. The van der Waals surface area contributed by atoms with Gasteiger partial charge in [-0.1, -0.05) is 0 Å². The molecule has 0 aliphatic carbocycles. The molecule has 0 unspecified atom stereocenters. The average molecular weight is 420 g/mol. The Morgan fingerprint density at radius 1 is 1.20 bits per heavy atom. The molecule has 0 atom stereocenters. The maximum atomic E-state index is 14.8. The number of nitrogens with two attached hydrogens (primary N) is 1. The Morgan fingerprint density at radius 2 is 1.87 bits per heavy atom. The van der Waals surface area contributed by atoms with Gasteiger partial charge in [-0.25, -0.2) is 22.9 Å². The van der Waals surface area contributed by atoms with E-state index >= 15 is 0 Å². The normalized spacial score (nSPS) is 14.2. The lowest BCUT2D eigenvalue weighted by Crippen LogP contribution is -2.51. The topological polar surface area (TPSA) is 122 Å². The first-order valence-corrected chi connectivity index (χ1v) is 8.76. The van der Waals surface area contributed by atoms with E-state index in [1.807, 2.05) is 0 Å². The summed E-state index contributed by atoms with van der Waals surface area (Å²) in [7, 11) is 0. The number of β-amino-alcohol motifs (C(OH)–C–C–N with tert-alkyl or cyclic N) is 1. The van der Waals surface area contributed by atoms with Crippen LogP contribution < -0.4 is 16.1 Å². The lowest BCUT2D eigenvalue weighted by atomic mass is 10.0. The first-order chi connectivity index (χ1) is 14.1. The Morgan fingerprint density at radius 3 is 2.47 bits per heavy atom. The summed E-state index contributed by atoms with van der Waals surface area (Å²) in [6, 6.07) is 1.34. The molecule has 2 aromatic heterocycles. The molecule has 0 spiro atoms. The summed E-state index contributed by atoms with van der Waals surface area (Å²) in [5.74, 6) is -5.87. The first kappa shape index (κ1) is 19.7. The highest BCUT2D eigenvalue weighted by Gasteiger charge is 2.30. The van der Waals surface area contributed by atoms with E-state index < -0.39 is 52.2 Å². The number of hydrogen-bond acceptors (Lipinski definition) is 6. The van der Waals surface area contributed by atoms with Gasteiger partial charge >= 0.3 is 5.97 Å². The predicted octanol–water partition coefficient (Wildman–Crippen LogP) is 1.57. The van der Waals surface area contributed by atoms with Gasteiger partial charge in [0.15, 0.2) is 23.3 Å². The van der Waals surface area contributed by atoms with Crippen molar-refractivity contribution in [2.75, 3.05) is 23.7 Å². The van der Waals surface area contributed by atoms with E-state index in [2.05, 4.69) is 4.98 Å². The Hall–Kier alpha value is -3.60. The summed E-state index contributed by atoms with van der Waals surface area (Å²) in [6.07, 6.45) is 0.196. The van der Waals surface area contributed by atoms with Crippen molar-refractivity contribution in [3.05, 3.63) is 57.1 Å².